The van der Waals surface area contributed by atoms with E-state index in [0.717, 1.165) is 51.2 Å². The number of ether oxygens (including phenoxy) is 1. The summed E-state index contributed by atoms with van der Waals surface area (Å²) < 4.78 is 5.45. The van der Waals surface area contributed by atoms with Gasteiger partial charge < -0.3 is 10.1 Å². The Morgan fingerprint density at radius 1 is 1.35 bits per heavy atom. The zero-order valence-electron chi connectivity index (χ0n) is 13.7. The number of allylic oxidation sites excluding steroid dienone is 2. The minimum absolute atomic E-state index is 0.231. The Balaban J connectivity index is 1.73. The first-order chi connectivity index (χ1) is 9.47. The van der Waals surface area contributed by atoms with E-state index < -0.39 is 0 Å². The first-order valence-electron chi connectivity index (χ1n) is 8.18. The first kappa shape index (κ1) is 16.0. The molecule has 1 aliphatic heterocycles. The van der Waals surface area contributed by atoms with Crippen LogP contribution in [0.1, 0.15) is 40.5 Å². The highest BCUT2D eigenvalue weighted by Crippen LogP contribution is 2.27. The van der Waals surface area contributed by atoms with Gasteiger partial charge in [0.25, 0.3) is 0 Å². The molecular formula is C17H32N2O. The number of rotatable bonds is 5. The highest BCUT2D eigenvalue weighted by Gasteiger charge is 2.28. The predicted molar refractivity (Wildman–Crippen MR) is 85.0 cm³/mol. The van der Waals surface area contributed by atoms with Crippen molar-refractivity contribution in [3.05, 3.63) is 11.6 Å². The highest BCUT2D eigenvalue weighted by atomic mass is 16.5. The van der Waals surface area contributed by atoms with E-state index in [4.69, 9.17) is 4.74 Å². The third-order valence-corrected chi connectivity index (χ3v) is 4.74. The summed E-state index contributed by atoms with van der Waals surface area (Å²) in [4.78, 5) is 2.55. The standard InChI is InChI=1S/C17H32N2O/c1-14-9-15(2)11-16(10-14)12-18-13-17(3,4)19-5-7-20-8-6-19/h9,14,16,18H,5-8,10-13H2,1-4H3. The maximum atomic E-state index is 5.45. The van der Waals surface area contributed by atoms with Crippen LogP contribution in [0.4, 0.5) is 0 Å². The van der Waals surface area contributed by atoms with E-state index in [1.54, 1.807) is 5.57 Å². The molecular weight excluding hydrogens is 248 g/mol. The average molecular weight is 280 g/mol. The van der Waals surface area contributed by atoms with Gasteiger partial charge in [-0.3, -0.25) is 4.90 Å². The fraction of sp³-hybridized carbons (Fsp3) is 0.882. The summed E-state index contributed by atoms with van der Waals surface area (Å²) in [6.45, 7) is 15.4. The van der Waals surface area contributed by atoms with Gasteiger partial charge in [-0.25, -0.2) is 0 Å². The molecule has 1 N–H and O–H groups in total. The van der Waals surface area contributed by atoms with Gasteiger partial charge in [-0.15, -0.1) is 0 Å². The topological polar surface area (TPSA) is 24.5 Å². The molecule has 2 atom stereocenters. The average Bonchev–Trinajstić information content (AvgIpc) is 2.38. The van der Waals surface area contributed by atoms with Crippen molar-refractivity contribution in [3.8, 4) is 0 Å². The molecule has 3 heteroatoms. The number of morpholine rings is 1. The highest BCUT2D eigenvalue weighted by molar-refractivity contribution is 5.06. The molecule has 0 bridgehead atoms. The first-order valence-corrected chi connectivity index (χ1v) is 8.18. The van der Waals surface area contributed by atoms with Gasteiger partial charge >= 0.3 is 0 Å². The molecule has 0 radical (unpaired) electrons. The minimum Gasteiger partial charge on any atom is -0.379 e. The summed E-state index contributed by atoms with van der Waals surface area (Å²) in [5.41, 5.74) is 1.80. The third-order valence-electron chi connectivity index (χ3n) is 4.74. The van der Waals surface area contributed by atoms with Crippen molar-refractivity contribution in [1.82, 2.24) is 10.2 Å². The van der Waals surface area contributed by atoms with E-state index in [9.17, 15) is 0 Å². The van der Waals surface area contributed by atoms with Crippen LogP contribution >= 0.6 is 0 Å². The molecule has 0 spiro atoms. The normalized spacial score (nSPS) is 29.3. The second-order valence-corrected chi connectivity index (χ2v) is 7.34. The molecule has 0 saturated carbocycles. The third kappa shape index (κ3) is 4.57. The summed E-state index contributed by atoms with van der Waals surface area (Å²) >= 11 is 0. The lowest BCUT2D eigenvalue weighted by Gasteiger charge is -2.41. The molecule has 1 aliphatic carbocycles. The SMILES string of the molecule is CC1=CC(C)CC(CNCC(C)(C)N2CCOCC2)C1. The van der Waals surface area contributed by atoms with Gasteiger partial charge in [0.1, 0.15) is 0 Å². The van der Waals surface area contributed by atoms with Gasteiger partial charge in [0.2, 0.25) is 0 Å². The molecule has 0 aromatic carbocycles. The quantitative estimate of drug-likeness (QED) is 0.784. The largest absolute Gasteiger partial charge is 0.379 e. The fourth-order valence-electron chi connectivity index (χ4n) is 3.70. The van der Waals surface area contributed by atoms with Gasteiger partial charge in [-0.1, -0.05) is 18.6 Å². The smallest absolute Gasteiger partial charge is 0.0594 e. The Hall–Kier alpha value is -0.380. The van der Waals surface area contributed by atoms with Crippen LogP contribution in [0.25, 0.3) is 0 Å². The minimum atomic E-state index is 0.231. The summed E-state index contributed by atoms with van der Waals surface area (Å²) in [7, 11) is 0. The maximum absolute atomic E-state index is 5.45. The number of nitrogens with one attached hydrogen (secondary N) is 1. The van der Waals surface area contributed by atoms with Crippen molar-refractivity contribution < 1.29 is 4.74 Å². The number of hydrogen-bond acceptors (Lipinski definition) is 3. The van der Waals surface area contributed by atoms with Gasteiger partial charge in [-0.2, -0.15) is 0 Å². The van der Waals surface area contributed by atoms with Gasteiger partial charge in [0.05, 0.1) is 13.2 Å². The maximum Gasteiger partial charge on any atom is 0.0594 e. The number of hydrogen-bond donors (Lipinski definition) is 1. The molecule has 0 aromatic rings. The molecule has 1 fully saturated rings. The lowest BCUT2D eigenvalue weighted by Crippen LogP contribution is -2.55. The van der Waals surface area contributed by atoms with Crippen molar-refractivity contribution in [2.45, 2.75) is 46.1 Å². The van der Waals surface area contributed by atoms with Crippen molar-refractivity contribution in [1.29, 1.82) is 0 Å². The summed E-state index contributed by atoms with van der Waals surface area (Å²) in [6, 6.07) is 0. The fourth-order valence-corrected chi connectivity index (χ4v) is 3.70. The predicted octanol–water partition coefficient (Wildman–Crippen LogP) is 2.68. The molecule has 2 unspecified atom stereocenters. The van der Waals surface area contributed by atoms with Crippen LogP contribution in [-0.4, -0.2) is 49.8 Å². The van der Waals surface area contributed by atoms with E-state index in [-0.39, 0.29) is 5.54 Å². The lowest BCUT2D eigenvalue weighted by atomic mass is 9.83. The summed E-state index contributed by atoms with van der Waals surface area (Å²) in [6.07, 6.45) is 5.05. The van der Waals surface area contributed by atoms with Crippen LogP contribution < -0.4 is 5.32 Å². The Morgan fingerprint density at radius 2 is 2.05 bits per heavy atom. The van der Waals surface area contributed by atoms with E-state index >= 15 is 0 Å². The van der Waals surface area contributed by atoms with Gasteiger partial charge in [-0.05, 0) is 52.0 Å². The Bertz CT molecular complexity index is 332. The Morgan fingerprint density at radius 3 is 2.70 bits per heavy atom. The van der Waals surface area contributed by atoms with Gasteiger partial charge in [0, 0.05) is 25.2 Å². The van der Waals surface area contributed by atoms with Crippen LogP contribution in [-0.2, 0) is 4.74 Å². The molecule has 2 aliphatic rings. The van der Waals surface area contributed by atoms with E-state index in [1.165, 1.54) is 12.8 Å². The Kier molecular flexibility index (Phi) is 5.65. The van der Waals surface area contributed by atoms with Crippen molar-refractivity contribution in [2.24, 2.45) is 11.8 Å². The molecule has 1 heterocycles. The second kappa shape index (κ2) is 7.06. The van der Waals surface area contributed by atoms with E-state index in [2.05, 4.69) is 44.0 Å². The van der Waals surface area contributed by atoms with E-state index in [0.29, 0.717) is 0 Å². The number of nitrogens with zero attached hydrogens (tertiary/aromatic N) is 1. The second-order valence-electron chi connectivity index (χ2n) is 7.34. The molecule has 2 rings (SSSR count). The monoisotopic (exact) mass is 280 g/mol. The van der Waals surface area contributed by atoms with Crippen LogP contribution in [0.3, 0.4) is 0 Å². The zero-order valence-corrected chi connectivity index (χ0v) is 13.7. The summed E-state index contributed by atoms with van der Waals surface area (Å²) in [5.74, 6) is 1.57. The summed E-state index contributed by atoms with van der Waals surface area (Å²) in [5, 5.41) is 3.72. The molecule has 0 aromatic heterocycles. The van der Waals surface area contributed by atoms with Crippen molar-refractivity contribution in [2.75, 3.05) is 39.4 Å². The molecule has 20 heavy (non-hydrogen) atoms. The van der Waals surface area contributed by atoms with Gasteiger partial charge in [0.15, 0.2) is 0 Å². The van der Waals surface area contributed by atoms with Crippen LogP contribution in [0.15, 0.2) is 11.6 Å². The molecule has 0 amide bonds. The Labute approximate surface area is 124 Å². The zero-order chi connectivity index (χ0) is 14.6. The van der Waals surface area contributed by atoms with Crippen LogP contribution in [0.5, 0.6) is 0 Å². The van der Waals surface area contributed by atoms with Crippen molar-refractivity contribution >= 4 is 0 Å². The molecule has 3 nitrogen and oxygen atoms in total. The van der Waals surface area contributed by atoms with E-state index in [1.807, 2.05) is 0 Å². The lowest BCUT2D eigenvalue weighted by molar-refractivity contribution is -0.00982. The molecule has 1 saturated heterocycles. The van der Waals surface area contributed by atoms with Crippen LogP contribution in [0, 0.1) is 11.8 Å². The van der Waals surface area contributed by atoms with Crippen molar-refractivity contribution in [3.63, 3.8) is 0 Å². The van der Waals surface area contributed by atoms with Crippen LogP contribution in [0.2, 0.25) is 0 Å². The molecule has 116 valence electrons.